The van der Waals surface area contributed by atoms with Gasteiger partial charge < -0.3 is 11.1 Å². The number of rotatable bonds is 3. The minimum atomic E-state index is 0.0954. The summed E-state index contributed by atoms with van der Waals surface area (Å²) in [6, 6.07) is 7.27. The highest BCUT2D eigenvalue weighted by Gasteiger charge is 2.50. The lowest BCUT2D eigenvalue weighted by Gasteiger charge is -2.07. The van der Waals surface area contributed by atoms with E-state index in [4.69, 9.17) is 18.0 Å². The molecule has 1 amide bonds. The molecule has 4 heteroatoms. The molecule has 0 bridgehead atoms. The lowest BCUT2D eigenvalue weighted by Crippen LogP contribution is -2.16. The van der Waals surface area contributed by atoms with Crippen LogP contribution in [0.5, 0.6) is 0 Å². The summed E-state index contributed by atoms with van der Waals surface area (Å²) in [7, 11) is 0. The zero-order chi connectivity index (χ0) is 12.6. The van der Waals surface area contributed by atoms with E-state index in [1.807, 2.05) is 24.3 Å². The van der Waals surface area contributed by atoms with Gasteiger partial charge in [-0.1, -0.05) is 26.1 Å². The van der Waals surface area contributed by atoms with Crippen LogP contribution in [0.3, 0.4) is 0 Å². The fourth-order valence-electron chi connectivity index (χ4n) is 1.86. The Morgan fingerprint density at radius 1 is 1.41 bits per heavy atom. The molecule has 17 heavy (non-hydrogen) atoms. The molecule has 2 rings (SSSR count). The molecule has 1 atom stereocenters. The second-order valence-electron chi connectivity index (χ2n) is 5.18. The number of hydrogen-bond donors (Lipinski definition) is 2. The Labute approximate surface area is 106 Å². The molecule has 1 aromatic carbocycles. The van der Waals surface area contributed by atoms with Gasteiger partial charge in [0.25, 0.3) is 0 Å². The van der Waals surface area contributed by atoms with Crippen molar-refractivity contribution in [3.8, 4) is 0 Å². The number of nitrogens with two attached hydrogens (primary N) is 1. The van der Waals surface area contributed by atoms with Crippen LogP contribution in [0.2, 0.25) is 0 Å². The van der Waals surface area contributed by atoms with Crippen LogP contribution in [0.4, 0.5) is 5.69 Å². The molecule has 1 aromatic rings. The number of anilines is 1. The van der Waals surface area contributed by atoms with Crippen LogP contribution in [-0.4, -0.2) is 10.9 Å². The summed E-state index contributed by atoms with van der Waals surface area (Å²) in [5.41, 5.74) is 7.26. The number of hydrogen-bond acceptors (Lipinski definition) is 2. The first-order valence-electron chi connectivity index (χ1n) is 5.61. The normalized spacial score (nSPS) is 20.7. The number of thiocarbonyl (C=S) groups is 1. The fraction of sp³-hybridized carbons (Fsp3) is 0.385. The van der Waals surface area contributed by atoms with Crippen molar-refractivity contribution in [3.05, 3.63) is 29.8 Å². The average molecular weight is 248 g/mol. The van der Waals surface area contributed by atoms with E-state index in [1.54, 1.807) is 0 Å². The van der Waals surface area contributed by atoms with Crippen molar-refractivity contribution >= 4 is 28.8 Å². The third-order valence-corrected chi connectivity index (χ3v) is 3.50. The second-order valence-corrected chi connectivity index (χ2v) is 5.62. The van der Waals surface area contributed by atoms with Crippen molar-refractivity contribution < 1.29 is 4.79 Å². The molecular formula is C13H16N2OS. The molecule has 3 nitrogen and oxygen atoms in total. The molecular weight excluding hydrogens is 232 g/mol. The highest BCUT2D eigenvalue weighted by molar-refractivity contribution is 7.80. The van der Waals surface area contributed by atoms with Gasteiger partial charge in [-0.2, -0.15) is 0 Å². The molecule has 90 valence electrons. The van der Waals surface area contributed by atoms with Gasteiger partial charge >= 0.3 is 0 Å². The maximum atomic E-state index is 11.8. The van der Waals surface area contributed by atoms with E-state index in [0.29, 0.717) is 4.99 Å². The van der Waals surface area contributed by atoms with Crippen molar-refractivity contribution in [1.82, 2.24) is 0 Å². The molecule has 0 spiro atoms. The molecule has 0 heterocycles. The van der Waals surface area contributed by atoms with Crippen LogP contribution >= 0.6 is 12.2 Å². The van der Waals surface area contributed by atoms with Gasteiger partial charge in [0, 0.05) is 17.2 Å². The molecule has 1 fully saturated rings. The quantitative estimate of drug-likeness (QED) is 0.807. The average Bonchev–Trinajstić information content (AvgIpc) is 2.89. The second kappa shape index (κ2) is 4.11. The van der Waals surface area contributed by atoms with Gasteiger partial charge in [0.1, 0.15) is 4.99 Å². The zero-order valence-corrected chi connectivity index (χ0v) is 10.8. The highest BCUT2D eigenvalue weighted by Crippen LogP contribution is 2.51. The van der Waals surface area contributed by atoms with Crippen molar-refractivity contribution in [2.45, 2.75) is 20.3 Å². The first-order valence-corrected chi connectivity index (χ1v) is 6.02. The molecule has 1 aliphatic carbocycles. The molecule has 1 saturated carbocycles. The Hall–Kier alpha value is -1.42. The summed E-state index contributed by atoms with van der Waals surface area (Å²) in [6.45, 7) is 4.21. The topological polar surface area (TPSA) is 55.1 Å². The van der Waals surface area contributed by atoms with Crippen molar-refractivity contribution in [1.29, 1.82) is 0 Å². The van der Waals surface area contributed by atoms with E-state index < -0.39 is 0 Å². The maximum absolute atomic E-state index is 11.8. The Kier molecular flexibility index (Phi) is 2.91. The third kappa shape index (κ3) is 2.64. The minimum absolute atomic E-state index is 0.0954. The first kappa shape index (κ1) is 12.0. The predicted molar refractivity (Wildman–Crippen MR) is 72.8 cm³/mol. The fourth-order valence-corrected chi connectivity index (χ4v) is 2.00. The Morgan fingerprint density at radius 2 is 1.94 bits per heavy atom. The van der Waals surface area contributed by atoms with Gasteiger partial charge in [-0.05, 0) is 36.1 Å². The molecule has 0 saturated heterocycles. The van der Waals surface area contributed by atoms with E-state index in [2.05, 4.69) is 19.2 Å². The van der Waals surface area contributed by atoms with Crippen molar-refractivity contribution in [2.24, 2.45) is 17.1 Å². The number of nitrogens with one attached hydrogen (secondary N) is 1. The van der Waals surface area contributed by atoms with Gasteiger partial charge in [-0.25, -0.2) is 0 Å². The Bertz CT molecular complexity index is 465. The highest BCUT2D eigenvalue weighted by atomic mass is 32.1. The monoisotopic (exact) mass is 248 g/mol. The van der Waals surface area contributed by atoms with Crippen LogP contribution in [0, 0.1) is 11.3 Å². The van der Waals surface area contributed by atoms with Crippen molar-refractivity contribution in [2.75, 3.05) is 5.32 Å². The van der Waals surface area contributed by atoms with E-state index in [-0.39, 0.29) is 17.2 Å². The summed E-state index contributed by atoms with van der Waals surface area (Å²) in [6.07, 6.45) is 0.962. The van der Waals surface area contributed by atoms with E-state index in [1.165, 1.54) is 0 Å². The lowest BCUT2D eigenvalue weighted by atomic mass is 10.1. The number of amides is 1. The zero-order valence-electron chi connectivity index (χ0n) is 9.99. The lowest BCUT2D eigenvalue weighted by molar-refractivity contribution is -0.117. The van der Waals surface area contributed by atoms with Gasteiger partial charge in [0.2, 0.25) is 5.91 Å². The maximum Gasteiger partial charge on any atom is 0.228 e. The number of benzene rings is 1. The van der Waals surface area contributed by atoms with Crippen molar-refractivity contribution in [3.63, 3.8) is 0 Å². The number of carbonyl (C=O) groups is 1. The number of carbonyl (C=O) groups excluding carboxylic acids is 1. The molecule has 0 aromatic heterocycles. The van der Waals surface area contributed by atoms with E-state index >= 15 is 0 Å². The van der Waals surface area contributed by atoms with Gasteiger partial charge in [-0.15, -0.1) is 0 Å². The van der Waals surface area contributed by atoms with Crippen LogP contribution in [0.15, 0.2) is 24.3 Å². The Balaban J connectivity index is 2.00. The van der Waals surface area contributed by atoms with Gasteiger partial charge in [-0.3, -0.25) is 4.79 Å². The summed E-state index contributed by atoms with van der Waals surface area (Å²) < 4.78 is 0. The van der Waals surface area contributed by atoms with Gasteiger partial charge in [0.05, 0.1) is 0 Å². The smallest absolute Gasteiger partial charge is 0.228 e. The van der Waals surface area contributed by atoms with Crippen LogP contribution in [0.1, 0.15) is 25.8 Å². The molecule has 1 unspecified atom stereocenters. The standard InChI is InChI=1S/C13H16N2OS/c1-13(2)7-10(13)12(16)15-9-5-3-8(4-6-9)11(14)17/h3-6,10H,7H2,1-2H3,(H2,14,17)(H,15,16). The molecule has 0 radical (unpaired) electrons. The summed E-state index contributed by atoms with van der Waals surface area (Å²) in [5.74, 6) is 0.232. The summed E-state index contributed by atoms with van der Waals surface area (Å²) >= 11 is 4.87. The van der Waals surface area contributed by atoms with Crippen LogP contribution in [-0.2, 0) is 4.79 Å². The largest absolute Gasteiger partial charge is 0.389 e. The summed E-state index contributed by atoms with van der Waals surface area (Å²) in [4.78, 5) is 12.2. The molecule has 0 aliphatic heterocycles. The van der Waals surface area contributed by atoms with Gasteiger partial charge in [0.15, 0.2) is 0 Å². The van der Waals surface area contributed by atoms with Crippen LogP contribution in [0.25, 0.3) is 0 Å². The third-order valence-electron chi connectivity index (χ3n) is 3.27. The van der Waals surface area contributed by atoms with E-state index in [9.17, 15) is 4.79 Å². The first-order chi connectivity index (χ1) is 7.90. The SMILES string of the molecule is CC1(C)CC1C(=O)Nc1ccc(C(N)=S)cc1. The van der Waals surface area contributed by atoms with Crippen LogP contribution < -0.4 is 11.1 Å². The molecule has 3 N–H and O–H groups in total. The van der Waals surface area contributed by atoms with E-state index in [0.717, 1.165) is 17.7 Å². The Morgan fingerprint density at radius 3 is 2.35 bits per heavy atom. The summed E-state index contributed by atoms with van der Waals surface area (Å²) in [5, 5.41) is 2.90. The predicted octanol–water partition coefficient (Wildman–Crippen LogP) is 2.31. The molecule has 1 aliphatic rings. The minimum Gasteiger partial charge on any atom is -0.389 e.